The summed E-state index contributed by atoms with van der Waals surface area (Å²) in [6.45, 7) is 83.3. The molecule has 0 saturated carbocycles. The van der Waals surface area contributed by atoms with Gasteiger partial charge in [-0.05, 0) is 48.4 Å². The molecule has 0 radical (unpaired) electrons. The fourth-order valence-electron chi connectivity index (χ4n) is 13.0. The molecular weight excluding hydrogens is 1490 g/mol. The molecule has 97 heavy (non-hydrogen) atoms. The molecule has 0 amide bonds. The highest BCUT2D eigenvalue weighted by molar-refractivity contribution is 6.96. The molecule has 0 rings (SSSR count). The number of halogens is 8. The Morgan fingerprint density at radius 2 is 0.443 bits per heavy atom. The summed E-state index contributed by atoms with van der Waals surface area (Å²) in [7, 11) is -16.8. The second-order valence-corrected chi connectivity index (χ2v) is 103. The quantitative estimate of drug-likeness (QED) is 0.0142. The Morgan fingerprint density at radius 3 is 0.619 bits per heavy atom. The van der Waals surface area contributed by atoms with Crippen LogP contribution in [-0.4, -0.2) is 140 Å². The lowest BCUT2D eigenvalue weighted by molar-refractivity contribution is -0.131. The average Bonchev–Trinajstić information content (AvgIpc) is 0.955. The smallest absolute Gasteiger partial charge is 0.365 e. The van der Waals surface area contributed by atoms with E-state index in [-0.39, 0.29) is 12.1 Å². The van der Waals surface area contributed by atoms with Crippen molar-refractivity contribution in [2.45, 2.75) is 427 Å². The highest BCUT2D eigenvalue weighted by Crippen LogP contribution is 2.29. The second kappa shape index (κ2) is 56.2. The molecule has 0 aliphatic rings. The van der Waals surface area contributed by atoms with Gasteiger partial charge in [-0.3, -0.25) is 0 Å². The molecule has 0 aromatic rings. The van der Waals surface area contributed by atoms with Gasteiger partial charge in [-0.15, -0.1) is 23.2 Å². The molecule has 0 saturated heterocycles. The summed E-state index contributed by atoms with van der Waals surface area (Å²) < 4.78 is 99.5. The third-order valence-corrected chi connectivity index (χ3v) is 72.6. The third-order valence-electron chi connectivity index (χ3n) is 15.9. The summed E-state index contributed by atoms with van der Waals surface area (Å²) in [6.07, 6.45) is 15.2. The van der Waals surface area contributed by atoms with Gasteiger partial charge >= 0.3 is 12.4 Å². The van der Waals surface area contributed by atoms with Crippen molar-refractivity contribution in [3.05, 3.63) is 0 Å². The highest BCUT2D eigenvalue weighted by Gasteiger charge is 2.39. The van der Waals surface area contributed by atoms with Gasteiger partial charge in [-0.2, -0.15) is 26.3 Å². The molecule has 0 fully saturated rings. The van der Waals surface area contributed by atoms with Crippen LogP contribution in [-0.2, 0) is 0 Å². The van der Waals surface area contributed by atoms with E-state index in [0.717, 1.165) is 11.0 Å². The molecular formula is C68H177Cl2F6N7Si14. The predicted molar refractivity (Wildman–Crippen MR) is 480 cm³/mol. The first-order valence-electron chi connectivity index (χ1n) is 39.0. The Bertz CT molecular complexity index is 1710. The third kappa shape index (κ3) is 95.0. The van der Waals surface area contributed by atoms with Crippen molar-refractivity contribution in [3.8, 4) is 0 Å². The first-order valence-corrected chi connectivity index (χ1v) is 85.0. The van der Waals surface area contributed by atoms with E-state index >= 15 is 0 Å². The SMILES string of the molecule is CCCCCCCC[Si](C)(C)N[Si](C)(C)CCCCCCCC.CCCC[Si](C)(C)N[Si](C)(C)CCCC.CCC[Si](C)(C)N[Si](C)(C)CCC.C[SiH](C)N[SiH](C)C.C[Si](C)(C)N[Si](C)(C)C.C[Si](C)(CCC(F)(F)F)N[Si](C)(C)CCC(F)(F)F.C[Si](C)(CCl)N[Si](C)(C)CCl. The van der Waals surface area contributed by atoms with Gasteiger partial charge in [0.2, 0.25) is 0 Å². The van der Waals surface area contributed by atoms with Crippen LogP contribution in [0.5, 0.6) is 0 Å². The van der Waals surface area contributed by atoms with Crippen LogP contribution >= 0.6 is 23.2 Å². The topological polar surface area (TPSA) is 84.2 Å². The van der Waals surface area contributed by atoms with E-state index in [1.165, 1.54) is 152 Å². The minimum Gasteiger partial charge on any atom is -0.365 e. The van der Waals surface area contributed by atoms with Gasteiger partial charge in [-0.25, -0.2) is 0 Å². The Kier molecular flexibility index (Phi) is 65.6. The lowest BCUT2D eigenvalue weighted by Gasteiger charge is -2.35. The van der Waals surface area contributed by atoms with Crippen molar-refractivity contribution < 1.29 is 26.3 Å². The zero-order valence-corrected chi connectivity index (χ0v) is 87.7. The van der Waals surface area contributed by atoms with Crippen molar-refractivity contribution in [3.63, 3.8) is 0 Å². The highest BCUT2D eigenvalue weighted by atomic mass is 35.5. The van der Waals surface area contributed by atoms with E-state index in [1.54, 1.807) is 26.2 Å². The van der Waals surface area contributed by atoms with Crippen LogP contribution in [0.1, 0.15) is 170 Å². The number of hydrogen-bond donors (Lipinski definition) is 7. The van der Waals surface area contributed by atoms with E-state index in [9.17, 15) is 26.3 Å². The summed E-state index contributed by atoms with van der Waals surface area (Å²) in [5, 5.41) is 0. The molecule has 7 N–H and O–H groups in total. The van der Waals surface area contributed by atoms with E-state index in [0.29, 0.717) is 0 Å². The fourth-order valence-corrected chi connectivity index (χ4v) is 78.8. The molecule has 0 atom stereocenters. The molecule has 0 heterocycles. The zero-order chi connectivity index (χ0) is 78.3. The van der Waals surface area contributed by atoms with Gasteiger partial charge < -0.3 is 32.5 Å². The maximum Gasteiger partial charge on any atom is 0.388 e. The molecule has 0 unspecified atom stereocenters. The van der Waals surface area contributed by atoms with E-state index < -0.39 is 142 Å². The Morgan fingerprint density at radius 1 is 0.247 bits per heavy atom. The number of rotatable bonds is 44. The molecule has 7 nitrogen and oxygen atoms in total. The fraction of sp³-hybridized carbons (Fsp3) is 1.00. The van der Waals surface area contributed by atoms with Crippen LogP contribution in [0, 0.1) is 0 Å². The monoisotopic (exact) mass is 1670 g/mol. The molecule has 0 aliphatic carbocycles. The van der Waals surface area contributed by atoms with Crippen molar-refractivity contribution in [2.24, 2.45) is 0 Å². The number of nitrogens with one attached hydrogen (secondary N) is 7. The van der Waals surface area contributed by atoms with Crippen LogP contribution < -0.4 is 32.5 Å². The van der Waals surface area contributed by atoms with Crippen molar-refractivity contribution >= 4 is 140 Å². The van der Waals surface area contributed by atoms with E-state index in [4.69, 9.17) is 23.2 Å². The van der Waals surface area contributed by atoms with Gasteiger partial charge in [0.05, 0.1) is 17.9 Å². The number of alkyl halides is 8. The van der Waals surface area contributed by atoms with Crippen molar-refractivity contribution in [1.82, 2.24) is 32.5 Å². The molecule has 0 spiro atoms. The summed E-state index contributed by atoms with van der Waals surface area (Å²) >= 11 is 11.7. The summed E-state index contributed by atoms with van der Waals surface area (Å²) in [4.78, 5) is 0. The first-order chi connectivity index (χ1) is 43.3. The van der Waals surface area contributed by atoms with Crippen LogP contribution in [0.4, 0.5) is 26.3 Å². The minimum atomic E-state index is -4.20. The molecule has 0 aliphatic heterocycles. The zero-order valence-electron chi connectivity index (χ0n) is 71.9. The van der Waals surface area contributed by atoms with Gasteiger partial charge in [-0.1, -0.05) is 354 Å². The number of unbranched alkanes of at least 4 members (excludes halogenated alkanes) is 12. The van der Waals surface area contributed by atoms with E-state index in [2.05, 4.69) is 244 Å². The number of hydrogen-bond acceptors (Lipinski definition) is 7. The van der Waals surface area contributed by atoms with Crippen LogP contribution in [0.2, 0.25) is 245 Å². The largest absolute Gasteiger partial charge is 0.388 e. The molecule has 596 valence electrons. The van der Waals surface area contributed by atoms with Crippen LogP contribution in [0.3, 0.4) is 0 Å². The molecule has 0 aromatic heterocycles. The minimum absolute atomic E-state index is 0.00104. The maximum atomic E-state index is 12.2. The van der Waals surface area contributed by atoms with Crippen molar-refractivity contribution in [1.29, 1.82) is 0 Å². The van der Waals surface area contributed by atoms with Gasteiger partial charge in [0.15, 0.2) is 0 Å². The second-order valence-electron chi connectivity index (χ2n) is 37.8. The molecule has 0 aromatic carbocycles. The standard InChI is InChI=1S/C20H47NSi2.C12H31NSi2.C10H21F6NSi2.C10H27NSi2.C6H17Cl2NSi2.C6H19NSi2.C4H15NSi2/c1-7-9-11-13-15-17-19-22(3,4)21-23(5,6)20-18-16-14-12-10-8-2;1-7-9-11-14(3,4)13-15(5,6)12-10-8-2;1-18(2,7-5-9(11,12)13)17-19(3,4)8-6-10(14,15)16;1-7-9-12(3,4)11-13(5,6)10-8-2;1-10(2,5-7)9-11(3,4)6-8;1-8(2,3)7-9(4,5)6;1-6(2)5-7(3)4/h21H,7-20H2,1-6H3;13H,7-12H2,1-6H3;17H,5-8H2,1-4H3;11H,7-10H2,1-6H3;9H,5-6H2,1-4H3;7H,1-6H3;5-7H,1-4H3. The summed E-state index contributed by atoms with van der Waals surface area (Å²) in [6, 6.07) is 8.70. The van der Waals surface area contributed by atoms with Gasteiger partial charge in [0.1, 0.15) is 98.8 Å². The van der Waals surface area contributed by atoms with Gasteiger partial charge in [0.25, 0.3) is 0 Å². The Balaban J connectivity index is -0.000000201. The van der Waals surface area contributed by atoms with Crippen molar-refractivity contribution in [2.75, 3.05) is 11.0 Å². The van der Waals surface area contributed by atoms with E-state index in [1.807, 2.05) is 0 Å². The lowest BCUT2D eigenvalue weighted by atomic mass is 10.1. The average molecular weight is 1670 g/mol. The van der Waals surface area contributed by atoms with Gasteiger partial charge in [0, 0.05) is 23.8 Å². The Hall–Kier alpha value is 2.92. The van der Waals surface area contributed by atoms with Crippen LogP contribution in [0.15, 0.2) is 0 Å². The molecule has 29 heteroatoms. The van der Waals surface area contributed by atoms with Crippen LogP contribution in [0.25, 0.3) is 0 Å². The Labute approximate surface area is 631 Å². The summed E-state index contributed by atoms with van der Waals surface area (Å²) in [5.41, 5.74) is 1.53. The lowest BCUT2D eigenvalue weighted by Crippen LogP contribution is -2.61. The maximum absolute atomic E-state index is 12.2. The molecule has 0 bridgehead atoms. The first kappa shape index (κ1) is 113. The normalized spacial score (nSPS) is 13.4. The summed E-state index contributed by atoms with van der Waals surface area (Å²) in [5.74, 6) is 0. The predicted octanol–water partition coefficient (Wildman–Crippen LogP) is 26.3.